The van der Waals surface area contributed by atoms with Crippen molar-refractivity contribution in [2.75, 3.05) is 19.8 Å². The summed E-state index contributed by atoms with van der Waals surface area (Å²) in [7, 11) is 0. The quantitative estimate of drug-likeness (QED) is 0.892. The van der Waals surface area contributed by atoms with Gasteiger partial charge in [-0.3, -0.25) is 4.79 Å². The molecule has 18 heavy (non-hydrogen) atoms. The van der Waals surface area contributed by atoms with Crippen molar-refractivity contribution in [3.05, 3.63) is 33.8 Å². The summed E-state index contributed by atoms with van der Waals surface area (Å²) in [5, 5.41) is 12.3. The van der Waals surface area contributed by atoms with E-state index in [4.69, 9.17) is 4.74 Å². The number of halogens is 1. The molecule has 0 aliphatic carbocycles. The number of carbonyl (C=O) groups is 1. The van der Waals surface area contributed by atoms with Crippen molar-refractivity contribution in [2.24, 2.45) is 0 Å². The average molecular weight is 314 g/mol. The zero-order valence-electron chi connectivity index (χ0n) is 10.2. The number of benzene rings is 1. The molecule has 0 bridgehead atoms. The topological polar surface area (TPSA) is 58.6 Å². The number of amides is 1. The number of aliphatic hydroxyl groups is 1. The predicted molar refractivity (Wildman–Crippen MR) is 71.6 cm³/mol. The number of carbonyl (C=O) groups excluding carboxylic acids is 1. The highest BCUT2D eigenvalue weighted by atomic mass is 79.9. The van der Waals surface area contributed by atoms with Crippen LogP contribution in [-0.4, -0.2) is 36.4 Å². The molecular formula is C13H16BrNO3. The molecule has 0 spiro atoms. The number of nitrogens with one attached hydrogen (secondary N) is 1. The number of rotatable bonds is 3. The fourth-order valence-electron chi connectivity index (χ4n) is 2.03. The Morgan fingerprint density at radius 2 is 2.39 bits per heavy atom. The normalized spacial score (nSPS) is 23.1. The highest BCUT2D eigenvalue weighted by molar-refractivity contribution is 9.10. The summed E-state index contributed by atoms with van der Waals surface area (Å²) in [4.78, 5) is 12.2. The summed E-state index contributed by atoms with van der Waals surface area (Å²) in [6.45, 7) is 2.71. The maximum absolute atomic E-state index is 12.2. The number of hydrogen-bond acceptors (Lipinski definition) is 3. The van der Waals surface area contributed by atoms with Gasteiger partial charge in [0.1, 0.15) is 0 Å². The van der Waals surface area contributed by atoms with Gasteiger partial charge in [-0.2, -0.15) is 0 Å². The van der Waals surface area contributed by atoms with E-state index in [1.54, 1.807) is 6.07 Å². The minimum atomic E-state index is -0.633. The summed E-state index contributed by atoms with van der Waals surface area (Å²) in [5.74, 6) is -0.173. The molecule has 1 aromatic rings. The van der Waals surface area contributed by atoms with Gasteiger partial charge < -0.3 is 15.2 Å². The van der Waals surface area contributed by atoms with Crippen LogP contribution in [0.2, 0.25) is 0 Å². The highest BCUT2D eigenvalue weighted by Gasteiger charge is 2.36. The standard InChI is InChI=1S/C13H16BrNO3/c1-9-10(3-2-4-11(9)14)12(17)15-13(7-16)5-6-18-8-13/h2-4,16H,5-8H2,1H3,(H,15,17). The van der Waals surface area contributed by atoms with Crippen LogP contribution in [0.5, 0.6) is 0 Å². The smallest absolute Gasteiger partial charge is 0.252 e. The van der Waals surface area contributed by atoms with Crippen LogP contribution in [0.1, 0.15) is 22.3 Å². The van der Waals surface area contributed by atoms with Crippen LogP contribution in [0, 0.1) is 6.92 Å². The first-order valence-electron chi connectivity index (χ1n) is 5.84. The van der Waals surface area contributed by atoms with Gasteiger partial charge in [-0.1, -0.05) is 22.0 Å². The molecule has 0 saturated carbocycles. The van der Waals surface area contributed by atoms with E-state index in [1.165, 1.54) is 0 Å². The van der Waals surface area contributed by atoms with E-state index < -0.39 is 5.54 Å². The minimum absolute atomic E-state index is 0.105. The van der Waals surface area contributed by atoms with Gasteiger partial charge in [-0.15, -0.1) is 0 Å². The van der Waals surface area contributed by atoms with E-state index in [2.05, 4.69) is 21.2 Å². The van der Waals surface area contributed by atoms with Crippen LogP contribution >= 0.6 is 15.9 Å². The Labute approximate surface area is 114 Å². The number of ether oxygens (including phenoxy) is 1. The molecule has 1 fully saturated rings. The molecule has 98 valence electrons. The third-order valence-electron chi connectivity index (χ3n) is 3.30. The van der Waals surface area contributed by atoms with Crippen molar-refractivity contribution in [3.63, 3.8) is 0 Å². The summed E-state index contributed by atoms with van der Waals surface area (Å²) in [5.41, 5.74) is 0.873. The lowest BCUT2D eigenvalue weighted by Crippen LogP contribution is -2.52. The molecule has 1 amide bonds. The second kappa shape index (κ2) is 5.38. The van der Waals surface area contributed by atoms with E-state index in [-0.39, 0.29) is 12.5 Å². The lowest BCUT2D eigenvalue weighted by Gasteiger charge is -2.26. The average Bonchev–Trinajstić information content (AvgIpc) is 2.81. The van der Waals surface area contributed by atoms with E-state index in [1.807, 2.05) is 19.1 Å². The minimum Gasteiger partial charge on any atom is -0.394 e. The second-order valence-corrected chi connectivity index (χ2v) is 5.46. The lowest BCUT2D eigenvalue weighted by molar-refractivity contribution is 0.0789. The molecule has 0 radical (unpaired) electrons. The summed E-state index contributed by atoms with van der Waals surface area (Å²) in [6, 6.07) is 5.49. The second-order valence-electron chi connectivity index (χ2n) is 4.61. The monoisotopic (exact) mass is 313 g/mol. The molecule has 1 aliphatic heterocycles. The highest BCUT2D eigenvalue weighted by Crippen LogP contribution is 2.22. The van der Waals surface area contributed by atoms with Crippen LogP contribution in [0.15, 0.2) is 22.7 Å². The molecule has 1 atom stereocenters. The van der Waals surface area contributed by atoms with Crippen molar-refractivity contribution >= 4 is 21.8 Å². The molecule has 1 heterocycles. The Hall–Kier alpha value is -0.910. The van der Waals surface area contributed by atoms with Gasteiger partial charge in [0, 0.05) is 16.6 Å². The first-order chi connectivity index (χ1) is 8.58. The zero-order chi connectivity index (χ0) is 13.2. The van der Waals surface area contributed by atoms with Crippen LogP contribution < -0.4 is 5.32 Å². The fraction of sp³-hybridized carbons (Fsp3) is 0.462. The molecule has 5 heteroatoms. The van der Waals surface area contributed by atoms with Crippen molar-refractivity contribution in [1.82, 2.24) is 5.32 Å². The Morgan fingerprint density at radius 3 is 3.00 bits per heavy atom. The van der Waals surface area contributed by atoms with Gasteiger partial charge >= 0.3 is 0 Å². The summed E-state index contributed by atoms with van der Waals surface area (Å²) in [6.07, 6.45) is 0.641. The van der Waals surface area contributed by atoms with Gasteiger partial charge in [-0.25, -0.2) is 0 Å². The van der Waals surface area contributed by atoms with Crippen molar-refractivity contribution < 1.29 is 14.6 Å². The molecule has 4 nitrogen and oxygen atoms in total. The predicted octanol–water partition coefficient (Wildman–Crippen LogP) is 1.64. The largest absolute Gasteiger partial charge is 0.394 e. The first-order valence-corrected chi connectivity index (χ1v) is 6.63. The summed E-state index contributed by atoms with van der Waals surface area (Å²) < 4.78 is 6.16. The van der Waals surface area contributed by atoms with Gasteiger partial charge in [0.25, 0.3) is 5.91 Å². The Balaban J connectivity index is 2.19. The summed E-state index contributed by atoms with van der Waals surface area (Å²) >= 11 is 3.40. The number of aliphatic hydroxyl groups excluding tert-OH is 1. The third-order valence-corrected chi connectivity index (χ3v) is 4.16. The molecule has 1 unspecified atom stereocenters. The van der Waals surface area contributed by atoms with Gasteiger partial charge in [-0.05, 0) is 31.0 Å². The van der Waals surface area contributed by atoms with Gasteiger partial charge in [0.05, 0.1) is 18.8 Å². The Bertz CT molecular complexity index is 456. The van der Waals surface area contributed by atoms with Crippen LogP contribution in [0.4, 0.5) is 0 Å². The van der Waals surface area contributed by atoms with Crippen molar-refractivity contribution in [2.45, 2.75) is 18.9 Å². The maximum Gasteiger partial charge on any atom is 0.252 e. The molecular weight excluding hydrogens is 298 g/mol. The third kappa shape index (κ3) is 2.58. The van der Waals surface area contributed by atoms with E-state index >= 15 is 0 Å². The Kier molecular flexibility index (Phi) is 4.04. The number of hydrogen-bond donors (Lipinski definition) is 2. The zero-order valence-corrected chi connectivity index (χ0v) is 11.8. The SMILES string of the molecule is Cc1c(Br)cccc1C(=O)NC1(CO)CCOC1. The molecule has 2 rings (SSSR count). The van der Waals surface area contributed by atoms with Crippen LogP contribution in [0.25, 0.3) is 0 Å². The molecule has 1 saturated heterocycles. The van der Waals surface area contributed by atoms with Crippen LogP contribution in [0.3, 0.4) is 0 Å². The Morgan fingerprint density at radius 1 is 1.61 bits per heavy atom. The van der Waals surface area contributed by atoms with Crippen LogP contribution in [-0.2, 0) is 4.74 Å². The molecule has 1 aliphatic rings. The van der Waals surface area contributed by atoms with E-state index in [0.717, 1.165) is 10.0 Å². The molecule has 1 aromatic carbocycles. The van der Waals surface area contributed by atoms with Crippen molar-refractivity contribution in [3.8, 4) is 0 Å². The molecule has 2 N–H and O–H groups in total. The first kappa shape index (κ1) is 13.5. The fourth-order valence-corrected chi connectivity index (χ4v) is 2.40. The van der Waals surface area contributed by atoms with Gasteiger partial charge in [0.15, 0.2) is 0 Å². The van der Waals surface area contributed by atoms with E-state index in [9.17, 15) is 9.90 Å². The van der Waals surface area contributed by atoms with Crippen molar-refractivity contribution in [1.29, 1.82) is 0 Å². The maximum atomic E-state index is 12.2. The van der Waals surface area contributed by atoms with E-state index in [0.29, 0.717) is 25.2 Å². The lowest BCUT2D eigenvalue weighted by atomic mass is 9.98. The van der Waals surface area contributed by atoms with Gasteiger partial charge in [0.2, 0.25) is 0 Å². The molecule has 0 aromatic heterocycles.